The van der Waals surface area contributed by atoms with Crippen molar-refractivity contribution in [2.75, 3.05) is 11.5 Å². The zero-order valence-electron chi connectivity index (χ0n) is 16.8. The topological polar surface area (TPSA) is 106 Å². The predicted octanol–water partition coefficient (Wildman–Crippen LogP) is 5.47. The van der Waals surface area contributed by atoms with Crippen molar-refractivity contribution in [2.45, 2.75) is 0 Å². The highest BCUT2D eigenvalue weighted by atomic mass is 32.2. The van der Waals surface area contributed by atoms with E-state index in [0.717, 1.165) is 0 Å². The standard InChI is InChI=1S/C24H20N2O5S/c25-17-9-13-19(14-10-17)28-21-5-1-3-7-23(21)30-32(27)31-24-8-4-2-6-22(24)29-20-15-11-18(26)12-16-20/h1-16H,25-26H2. The van der Waals surface area contributed by atoms with Crippen molar-refractivity contribution in [1.29, 1.82) is 0 Å². The van der Waals surface area contributed by atoms with E-state index in [2.05, 4.69) is 0 Å². The molecule has 0 aromatic heterocycles. The second kappa shape index (κ2) is 9.76. The zero-order valence-corrected chi connectivity index (χ0v) is 17.7. The van der Waals surface area contributed by atoms with Crippen LogP contribution in [0, 0.1) is 0 Å². The van der Waals surface area contributed by atoms with E-state index in [9.17, 15) is 4.21 Å². The van der Waals surface area contributed by atoms with Crippen molar-refractivity contribution in [3.05, 3.63) is 97.1 Å². The van der Waals surface area contributed by atoms with Gasteiger partial charge >= 0.3 is 11.4 Å². The molecule has 0 atom stereocenters. The highest BCUT2D eigenvalue weighted by Gasteiger charge is 2.15. The number of anilines is 2. The second-order valence-electron chi connectivity index (χ2n) is 6.61. The molecule has 162 valence electrons. The van der Waals surface area contributed by atoms with Crippen molar-refractivity contribution < 1.29 is 22.0 Å². The van der Waals surface area contributed by atoms with Gasteiger partial charge in [0.25, 0.3) is 0 Å². The Kier molecular flexibility index (Phi) is 6.43. The molecule has 7 nitrogen and oxygen atoms in total. The maximum absolute atomic E-state index is 12.6. The molecule has 0 saturated carbocycles. The van der Waals surface area contributed by atoms with Crippen molar-refractivity contribution in [1.82, 2.24) is 0 Å². The van der Waals surface area contributed by atoms with Crippen molar-refractivity contribution in [3.63, 3.8) is 0 Å². The summed E-state index contributed by atoms with van der Waals surface area (Å²) in [6.45, 7) is 0. The average Bonchev–Trinajstić information content (AvgIpc) is 2.79. The summed E-state index contributed by atoms with van der Waals surface area (Å²) in [5.74, 6) is 2.37. The summed E-state index contributed by atoms with van der Waals surface area (Å²) in [6, 6.07) is 27.5. The lowest BCUT2D eigenvalue weighted by Crippen LogP contribution is -2.09. The summed E-state index contributed by atoms with van der Waals surface area (Å²) in [6.07, 6.45) is 0. The highest BCUT2D eigenvalue weighted by Crippen LogP contribution is 2.35. The highest BCUT2D eigenvalue weighted by molar-refractivity contribution is 7.76. The molecule has 4 aromatic rings. The maximum Gasteiger partial charge on any atom is 0.417 e. The number of ether oxygens (including phenoxy) is 2. The van der Waals surface area contributed by atoms with Gasteiger partial charge in [-0.1, -0.05) is 24.3 Å². The van der Waals surface area contributed by atoms with Gasteiger partial charge < -0.3 is 29.3 Å². The lowest BCUT2D eigenvalue weighted by molar-refractivity contribution is 0.412. The minimum Gasteiger partial charge on any atom is -0.453 e. The van der Waals surface area contributed by atoms with E-state index in [1.54, 1.807) is 97.1 Å². The normalized spacial score (nSPS) is 10.5. The molecular formula is C24H20N2O5S. The monoisotopic (exact) mass is 448 g/mol. The van der Waals surface area contributed by atoms with E-state index < -0.39 is 11.4 Å². The summed E-state index contributed by atoms with van der Waals surface area (Å²) >= 11 is -2.17. The van der Waals surface area contributed by atoms with Crippen molar-refractivity contribution in [3.8, 4) is 34.5 Å². The quantitative estimate of drug-likeness (QED) is 0.344. The fourth-order valence-corrected chi connectivity index (χ4v) is 3.30. The molecule has 0 unspecified atom stereocenters. The van der Waals surface area contributed by atoms with Crippen LogP contribution in [0.2, 0.25) is 0 Å². The first-order valence-corrected chi connectivity index (χ1v) is 10.6. The van der Waals surface area contributed by atoms with Crippen LogP contribution < -0.4 is 29.3 Å². The Morgan fingerprint density at radius 2 is 0.844 bits per heavy atom. The molecule has 8 heteroatoms. The van der Waals surface area contributed by atoms with Gasteiger partial charge in [0.15, 0.2) is 23.0 Å². The van der Waals surface area contributed by atoms with Gasteiger partial charge in [-0.25, -0.2) is 0 Å². The number of para-hydroxylation sites is 4. The molecule has 0 radical (unpaired) electrons. The zero-order chi connectivity index (χ0) is 22.3. The molecule has 0 heterocycles. The average molecular weight is 449 g/mol. The summed E-state index contributed by atoms with van der Waals surface area (Å²) in [5, 5.41) is 0. The van der Waals surface area contributed by atoms with Crippen LogP contribution in [0.3, 0.4) is 0 Å². The van der Waals surface area contributed by atoms with Gasteiger partial charge in [-0.15, -0.1) is 0 Å². The van der Waals surface area contributed by atoms with E-state index in [1.807, 2.05) is 0 Å². The van der Waals surface area contributed by atoms with E-state index in [-0.39, 0.29) is 11.5 Å². The van der Waals surface area contributed by atoms with E-state index in [4.69, 9.17) is 29.3 Å². The molecule has 0 amide bonds. The molecule has 4 rings (SSSR count). The first kappa shape index (κ1) is 21.1. The fourth-order valence-electron chi connectivity index (χ4n) is 2.70. The van der Waals surface area contributed by atoms with Gasteiger partial charge in [0, 0.05) is 11.4 Å². The Labute approximate surface area is 188 Å². The van der Waals surface area contributed by atoms with Gasteiger partial charge in [-0.3, -0.25) is 0 Å². The van der Waals surface area contributed by atoms with Crippen LogP contribution in [0.15, 0.2) is 97.1 Å². The molecule has 0 spiro atoms. The minimum absolute atomic E-state index is 0.250. The first-order valence-electron chi connectivity index (χ1n) is 9.60. The van der Waals surface area contributed by atoms with E-state index in [1.165, 1.54) is 0 Å². The Balaban J connectivity index is 1.47. The second-order valence-corrected chi connectivity index (χ2v) is 7.35. The largest absolute Gasteiger partial charge is 0.453 e. The third kappa shape index (κ3) is 5.50. The van der Waals surface area contributed by atoms with Crippen LogP contribution in [0.25, 0.3) is 0 Å². The first-order chi connectivity index (χ1) is 15.6. The van der Waals surface area contributed by atoms with Crippen LogP contribution in [0.1, 0.15) is 0 Å². The fraction of sp³-hybridized carbons (Fsp3) is 0. The number of nitrogen functional groups attached to an aromatic ring is 2. The van der Waals surface area contributed by atoms with Gasteiger partial charge in [0.2, 0.25) is 0 Å². The van der Waals surface area contributed by atoms with Crippen LogP contribution in [0.4, 0.5) is 11.4 Å². The van der Waals surface area contributed by atoms with Gasteiger partial charge in [0.05, 0.1) is 0 Å². The van der Waals surface area contributed by atoms with E-state index in [0.29, 0.717) is 34.4 Å². The summed E-state index contributed by atoms with van der Waals surface area (Å²) < 4.78 is 35.2. The number of benzene rings is 4. The van der Waals surface area contributed by atoms with Crippen molar-refractivity contribution in [2.24, 2.45) is 0 Å². The molecule has 0 aliphatic carbocycles. The molecule has 0 aliphatic rings. The number of rotatable bonds is 8. The van der Waals surface area contributed by atoms with Crippen LogP contribution in [0.5, 0.6) is 34.5 Å². The van der Waals surface area contributed by atoms with Gasteiger partial charge in [-0.2, -0.15) is 4.21 Å². The summed E-state index contributed by atoms with van der Waals surface area (Å²) in [5.41, 5.74) is 12.7. The predicted molar refractivity (Wildman–Crippen MR) is 124 cm³/mol. The smallest absolute Gasteiger partial charge is 0.417 e. The minimum atomic E-state index is -2.17. The number of hydrogen-bond acceptors (Lipinski definition) is 7. The molecule has 0 aliphatic heterocycles. The summed E-state index contributed by atoms with van der Waals surface area (Å²) in [7, 11) is 0. The van der Waals surface area contributed by atoms with Crippen LogP contribution in [-0.2, 0) is 11.4 Å². The Morgan fingerprint density at radius 3 is 1.22 bits per heavy atom. The maximum atomic E-state index is 12.6. The lowest BCUT2D eigenvalue weighted by Gasteiger charge is -2.13. The molecule has 0 bridgehead atoms. The molecule has 4 aromatic carbocycles. The molecular weight excluding hydrogens is 428 g/mol. The van der Waals surface area contributed by atoms with Crippen LogP contribution in [-0.4, -0.2) is 4.21 Å². The third-order valence-electron chi connectivity index (χ3n) is 4.23. The number of hydrogen-bond donors (Lipinski definition) is 2. The Bertz CT molecular complexity index is 1120. The van der Waals surface area contributed by atoms with Crippen molar-refractivity contribution >= 4 is 22.7 Å². The Hall–Kier alpha value is -4.17. The van der Waals surface area contributed by atoms with Gasteiger partial charge in [-0.05, 0) is 72.8 Å². The molecule has 0 saturated heterocycles. The lowest BCUT2D eigenvalue weighted by atomic mass is 10.3. The van der Waals surface area contributed by atoms with E-state index >= 15 is 0 Å². The molecule has 4 N–H and O–H groups in total. The molecule has 0 fully saturated rings. The third-order valence-corrected chi connectivity index (χ3v) is 4.86. The van der Waals surface area contributed by atoms with Gasteiger partial charge in [0.1, 0.15) is 11.5 Å². The summed E-state index contributed by atoms with van der Waals surface area (Å²) in [4.78, 5) is 0. The Morgan fingerprint density at radius 1 is 0.500 bits per heavy atom. The van der Waals surface area contributed by atoms with Crippen LogP contribution >= 0.6 is 0 Å². The molecule has 32 heavy (non-hydrogen) atoms. The number of nitrogens with two attached hydrogens (primary N) is 2. The SMILES string of the molecule is Nc1ccc(Oc2ccccc2OS(=O)Oc2ccccc2Oc2ccc(N)cc2)cc1.